The Labute approximate surface area is 175 Å². The number of piperidine rings is 1. The Morgan fingerprint density at radius 3 is 2.40 bits per heavy atom. The van der Waals surface area contributed by atoms with Crippen LogP contribution in [0.2, 0.25) is 0 Å². The van der Waals surface area contributed by atoms with Crippen LogP contribution in [0.5, 0.6) is 0 Å². The first-order chi connectivity index (χ1) is 14.6. The lowest BCUT2D eigenvalue weighted by Crippen LogP contribution is -2.33. The van der Waals surface area contributed by atoms with Gasteiger partial charge in [-0.15, -0.1) is 10.2 Å². The summed E-state index contributed by atoms with van der Waals surface area (Å²) in [7, 11) is 0. The third-order valence-corrected chi connectivity index (χ3v) is 5.28. The van der Waals surface area contributed by atoms with E-state index in [9.17, 15) is 9.18 Å². The van der Waals surface area contributed by atoms with Crippen LogP contribution in [0, 0.1) is 11.7 Å². The van der Waals surface area contributed by atoms with Gasteiger partial charge in [0.2, 0.25) is 0 Å². The number of amides is 2. The maximum atomic E-state index is 13.0. The zero-order valence-electron chi connectivity index (χ0n) is 16.8. The van der Waals surface area contributed by atoms with Crippen molar-refractivity contribution in [2.24, 2.45) is 5.92 Å². The van der Waals surface area contributed by atoms with Crippen LogP contribution in [0.15, 0.2) is 60.7 Å². The molecule has 2 N–H and O–H groups in total. The van der Waals surface area contributed by atoms with Gasteiger partial charge in [0, 0.05) is 30.0 Å². The molecule has 2 aromatic carbocycles. The Bertz CT molecular complexity index is 999. The van der Waals surface area contributed by atoms with E-state index in [1.807, 2.05) is 30.3 Å². The fraction of sp³-hybridized carbons (Fsp3) is 0.261. The molecule has 0 bridgehead atoms. The molecule has 0 unspecified atom stereocenters. The molecule has 3 aromatic rings. The van der Waals surface area contributed by atoms with Gasteiger partial charge in [-0.05, 0) is 67.3 Å². The standard InChI is InChI=1S/C23H24FN5O/c1-16-11-13-29(14-12-16)22-10-9-21(27-28-22)17-3-2-4-20(15-17)26-23(30)25-19-7-5-18(24)6-8-19/h2-10,15-16H,11-14H2,1H3,(H2,25,26,30). The maximum absolute atomic E-state index is 13.0. The van der Waals surface area contributed by atoms with E-state index < -0.39 is 6.03 Å². The molecule has 1 aromatic heterocycles. The van der Waals surface area contributed by atoms with Crippen molar-refractivity contribution in [2.45, 2.75) is 19.8 Å². The molecule has 0 radical (unpaired) electrons. The molecule has 0 saturated carbocycles. The molecule has 1 aliphatic heterocycles. The highest BCUT2D eigenvalue weighted by atomic mass is 19.1. The van der Waals surface area contributed by atoms with Crippen LogP contribution in [-0.2, 0) is 0 Å². The largest absolute Gasteiger partial charge is 0.355 e. The topological polar surface area (TPSA) is 70.2 Å². The van der Waals surface area contributed by atoms with Crippen molar-refractivity contribution >= 4 is 23.2 Å². The SMILES string of the molecule is CC1CCN(c2ccc(-c3cccc(NC(=O)Nc4ccc(F)cc4)c3)nn2)CC1. The number of urea groups is 1. The summed E-state index contributed by atoms with van der Waals surface area (Å²) in [6.45, 7) is 4.31. The second kappa shape index (κ2) is 8.90. The Hall–Kier alpha value is -3.48. The van der Waals surface area contributed by atoms with Crippen LogP contribution in [0.25, 0.3) is 11.3 Å². The number of nitrogens with zero attached hydrogens (tertiary/aromatic N) is 3. The number of rotatable bonds is 4. The average molecular weight is 405 g/mol. The highest BCUT2D eigenvalue weighted by Crippen LogP contribution is 2.24. The molecule has 0 aliphatic carbocycles. The number of carbonyl (C=O) groups is 1. The molecular weight excluding hydrogens is 381 g/mol. The first kappa shape index (κ1) is 19.8. The quantitative estimate of drug-likeness (QED) is 0.629. The summed E-state index contributed by atoms with van der Waals surface area (Å²) >= 11 is 0. The molecule has 1 aliphatic rings. The first-order valence-corrected chi connectivity index (χ1v) is 10.1. The van der Waals surface area contributed by atoms with Crippen LogP contribution in [-0.4, -0.2) is 29.3 Å². The Kier molecular flexibility index (Phi) is 5.88. The number of anilines is 3. The minimum Gasteiger partial charge on any atom is -0.355 e. The van der Waals surface area contributed by atoms with E-state index in [2.05, 4.69) is 32.7 Å². The van der Waals surface area contributed by atoms with Crippen LogP contribution in [0.3, 0.4) is 0 Å². The summed E-state index contributed by atoms with van der Waals surface area (Å²) in [6.07, 6.45) is 2.36. The maximum Gasteiger partial charge on any atom is 0.323 e. The summed E-state index contributed by atoms with van der Waals surface area (Å²) in [5, 5.41) is 14.2. The number of aromatic nitrogens is 2. The Morgan fingerprint density at radius 1 is 0.967 bits per heavy atom. The van der Waals surface area contributed by atoms with E-state index in [0.717, 1.165) is 36.1 Å². The van der Waals surface area contributed by atoms with Crippen LogP contribution in [0.4, 0.5) is 26.4 Å². The summed E-state index contributed by atoms with van der Waals surface area (Å²) in [5.41, 5.74) is 2.74. The predicted octanol–water partition coefficient (Wildman–Crippen LogP) is 5.16. The van der Waals surface area contributed by atoms with Crippen molar-refractivity contribution < 1.29 is 9.18 Å². The number of hydrogen-bond donors (Lipinski definition) is 2. The van der Waals surface area contributed by atoms with Crippen LogP contribution >= 0.6 is 0 Å². The number of hydrogen-bond acceptors (Lipinski definition) is 4. The first-order valence-electron chi connectivity index (χ1n) is 10.1. The predicted molar refractivity (Wildman–Crippen MR) is 117 cm³/mol. The third-order valence-electron chi connectivity index (χ3n) is 5.28. The molecule has 6 nitrogen and oxygen atoms in total. The molecule has 30 heavy (non-hydrogen) atoms. The molecule has 0 spiro atoms. The minimum absolute atomic E-state index is 0.351. The van der Waals surface area contributed by atoms with E-state index in [1.54, 1.807) is 6.07 Å². The summed E-state index contributed by atoms with van der Waals surface area (Å²) in [6, 6.07) is 16.6. The smallest absolute Gasteiger partial charge is 0.323 e. The summed E-state index contributed by atoms with van der Waals surface area (Å²) in [5.74, 6) is 1.32. The minimum atomic E-state index is -0.403. The van der Waals surface area contributed by atoms with Crippen molar-refractivity contribution in [3.63, 3.8) is 0 Å². The van der Waals surface area contributed by atoms with Gasteiger partial charge in [-0.25, -0.2) is 9.18 Å². The lowest BCUT2D eigenvalue weighted by Gasteiger charge is -2.30. The van der Waals surface area contributed by atoms with E-state index in [4.69, 9.17) is 0 Å². The fourth-order valence-corrected chi connectivity index (χ4v) is 3.47. The molecule has 7 heteroatoms. The lowest BCUT2D eigenvalue weighted by atomic mass is 9.99. The van der Waals surface area contributed by atoms with Gasteiger partial charge in [0.25, 0.3) is 0 Å². The number of benzene rings is 2. The number of nitrogens with one attached hydrogen (secondary N) is 2. The molecule has 2 amide bonds. The van der Waals surface area contributed by atoms with E-state index >= 15 is 0 Å². The van der Waals surface area contributed by atoms with Gasteiger partial charge >= 0.3 is 6.03 Å². The summed E-state index contributed by atoms with van der Waals surface area (Å²) < 4.78 is 13.0. The monoisotopic (exact) mass is 405 g/mol. The highest BCUT2D eigenvalue weighted by Gasteiger charge is 2.17. The lowest BCUT2D eigenvalue weighted by molar-refractivity contribution is 0.262. The van der Waals surface area contributed by atoms with E-state index in [1.165, 1.54) is 37.1 Å². The number of halogens is 1. The second-order valence-corrected chi connectivity index (χ2v) is 7.61. The molecular formula is C23H24FN5O. The van der Waals surface area contributed by atoms with Gasteiger partial charge in [-0.3, -0.25) is 0 Å². The zero-order valence-corrected chi connectivity index (χ0v) is 16.8. The third kappa shape index (κ3) is 4.92. The molecule has 2 heterocycles. The summed E-state index contributed by atoms with van der Waals surface area (Å²) in [4.78, 5) is 14.5. The van der Waals surface area contributed by atoms with Gasteiger partial charge in [-0.2, -0.15) is 0 Å². The van der Waals surface area contributed by atoms with Gasteiger partial charge < -0.3 is 15.5 Å². The van der Waals surface area contributed by atoms with Crippen molar-refractivity contribution in [1.82, 2.24) is 10.2 Å². The van der Waals surface area contributed by atoms with E-state index in [-0.39, 0.29) is 5.82 Å². The van der Waals surface area contributed by atoms with Crippen LogP contribution < -0.4 is 15.5 Å². The highest BCUT2D eigenvalue weighted by molar-refractivity contribution is 6.00. The van der Waals surface area contributed by atoms with Gasteiger partial charge in [0.15, 0.2) is 5.82 Å². The van der Waals surface area contributed by atoms with Gasteiger partial charge in [0.1, 0.15) is 5.82 Å². The van der Waals surface area contributed by atoms with Crippen molar-refractivity contribution in [3.05, 3.63) is 66.5 Å². The van der Waals surface area contributed by atoms with Crippen molar-refractivity contribution in [3.8, 4) is 11.3 Å². The number of carbonyl (C=O) groups excluding carboxylic acids is 1. The molecule has 1 saturated heterocycles. The van der Waals surface area contributed by atoms with E-state index in [0.29, 0.717) is 11.4 Å². The van der Waals surface area contributed by atoms with Gasteiger partial charge in [0.05, 0.1) is 5.69 Å². The Morgan fingerprint density at radius 2 is 1.70 bits per heavy atom. The molecule has 0 atom stereocenters. The normalized spacial score (nSPS) is 14.4. The molecule has 4 rings (SSSR count). The molecule has 1 fully saturated rings. The van der Waals surface area contributed by atoms with Gasteiger partial charge in [-0.1, -0.05) is 19.1 Å². The average Bonchev–Trinajstić information content (AvgIpc) is 2.76. The van der Waals surface area contributed by atoms with Crippen molar-refractivity contribution in [2.75, 3.05) is 28.6 Å². The zero-order chi connectivity index (χ0) is 20.9. The van der Waals surface area contributed by atoms with Crippen molar-refractivity contribution in [1.29, 1.82) is 0 Å². The fourth-order valence-electron chi connectivity index (χ4n) is 3.47. The van der Waals surface area contributed by atoms with Crippen LogP contribution in [0.1, 0.15) is 19.8 Å². The Balaban J connectivity index is 1.41. The molecule has 154 valence electrons. The second-order valence-electron chi connectivity index (χ2n) is 7.61.